The first kappa shape index (κ1) is 64.4. The van der Waals surface area contributed by atoms with Crippen LogP contribution in [0, 0.1) is 0 Å². The molecule has 3 unspecified atom stereocenters. The zero-order chi connectivity index (χ0) is 49.9. The lowest BCUT2D eigenvalue weighted by molar-refractivity contribution is -0.870. The van der Waals surface area contributed by atoms with Crippen molar-refractivity contribution in [3.05, 3.63) is 146 Å². The van der Waals surface area contributed by atoms with E-state index >= 15 is 0 Å². The van der Waals surface area contributed by atoms with Gasteiger partial charge in [-0.25, -0.2) is 0 Å². The maximum absolute atomic E-state index is 12.8. The number of hydrogen-bond donors (Lipinski definition) is 2. The molecule has 0 heterocycles. The quantitative estimate of drug-likeness (QED) is 0.0272. The summed E-state index contributed by atoms with van der Waals surface area (Å²) in [5, 5.41) is 13.7. The highest BCUT2D eigenvalue weighted by molar-refractivity contribution is 7.45. The van der Waals surface area contributed by atoms with Crippen LogP contribution < -0.4 is 10.2 Å². The van der Waals surface area contributed by atoms with E-state index in [1.807, 2.05) is 27.2 Å². The molecule has 0 aromatic carbocycles. The third kappa shape index (κ3) is 50.3. The molecule has 9 heteroatoms. The average molecular weight is 961 g/mol. The van der Waals surface area contributed by atoms with Gasteiger partial charge in [0.05, 0.1) is 39.9 Å². The summed E-state index contributed by atoms with van der Waals surface area (Å²) in [5.41, 5.74) is 0. The summed E-state index contributed by atoms with van der Waals surface area (Å²) in [6, 6.07) is -0.904. The lowest BCUT2D eigenvalue weighted by Crippen LogP contribution is -2.45. The van der Waals surface area contributed by atoms with Crippen LogP contribution in [0.25, 0.3) is 0 Å². The first-order valence-corrected chi connectivity index (χ1v) is 27.7. The van der Waals surface area contributed by atoms with Crippen molar-refractivity contribution in [2.24, 2.45) is 0 Å². The predicted octanol–water partition coefficient (Wildman–Crippen LogP) is 15.1. The van der Waals surface area contributed by atoms with Crippen molar-refractivity contribution in [3.8, 4) is 0 Å². The summed E-state index contributed by atoms with van der Waals surface area (Å²) < 4.78 is 23.1. The van der Waals surface area contributed by atoms with E-state index in [9.17, 15) is 19.4 Å². The summed E-state index contributed by atoms with van der Waals surface area (Å²) >= 11 is 0. The first-order valence-electron chi connectivity index (χ1n) is 26.2. The number of amides is 1. The molecule has 0 fully saturated rings. The number of likely N-dealkylation sites (N-methyl/N-ethyl adjacent to an activating group) is 1. The zero-order valence-corrected chi connectivity index (χ0v) is 44.4. The summed E-state index contributed by atoms with van der Waals surface area (Å²) in [6.45, 7) is 4.41. The fraction of sp³-hybridized carbons (Fsp3) is 0.576. The summed E-state index contributed by atoms with van der Waals surface area (Å²) in [6.07, 6.45) is 75.2. The molecular formula is C59H97N2O6P. The molecule has 0 saturated carbocycles. The molecule has 3 atom stereocenters. The van der Waals surface area contributed by atoms with Gasteiger partial charge in [0.1, 0.15) is 13.2 Å². The molecule has 0 aromatic rings. The topological polar surface area (TPSA) is 108 Å². The van der Waals surface area contributed by atoms with Crippen LogP contribution in [0.1, 0.15) is 168 Å². The SMILES string of the molecule is CC/C=C\C/C=C\C/C=C\C/C=C\C/C=C\C/C=C\C/C=C\C/C=C\C/C=C\C/C=C\C/C=C\CCCCCCCC(=O)NC(COP(=O)([O-])OCC[N+](C)(C)C)C(O)/C=C/CCCCCCC. The standard InChI is InChI=1S/C59H97N2O6P/c1-6-8-10-12-14-15-16-17-18-19-20-21-22-23-24-25-26-27-28-29-30-31-32-33-34-35-36-37-38-39-40-41-42-43-44-45-47-49-51-53-59(63)60-57(58(62)52-50-48-46-13-11-9-7-2)56-67-68(64,65)66-55-54-61(3,4)5/h8,10,14-15,17-18,20-21,23-24,26-27,29-30,32-33,35-36,38-39,41-42,50,52,57-58,62H,6-7,9,11-13,16,19,22,25,28,31,34,37,40,43-49,51,53-56H2,1-5H3,(H-,60,63,64,65)/b10-8-,15-14-,18-17-,21-20-,24-23-,27-26-,30-29-,33-32-,36-35-,39-38-,42-41-,52-50+. The fourth-order valence-electron chi connectivity index (χ4n) is 6.45. The Morgan fingerprint density at radius 3 is 1.31 bits per heavy atom. The van der Waals surface area contributed by atoms with Gasteiger partial charge in [0, 0.05) is 6.42 Å². The highest BCUT2D eigenvalue weighted by Gasteiger charge is 2.23. The second-order valence-electron chi connectivity index (χ2n) is 18.1. The van der Waals surface area contributed by atoms with E-state index in [-0.39, 0.29) is 12.5 Å². The number of aliphatic hydroxyl groups is 1. The van der Waals surface area contributed by atoms with Crippen LogP contribution in [0.15, 0.2) is 146 Å². The number of rotatable bonds is 45. The molecule has 0 spiro atoms. The van der Waals surface area contributed by atoms with Crippen LogP contribution in [0.3, 0.4) is 0 Å². The number of nitrogens with zero attached hydrogens (tertiary/aromatic N) is 1. The smallest absolute Gasteiger partial charge is 0.268 e. The largest absolute Gasteiger partial charge is 0.756 e. The van der Waals surface area contributed by atoms with Gasteiger partial charge in [0.2, 0.25) is 5.91 Å². The van der Waals surface area contributed by atoms with E-state index in [4.69, 9.17) is 9.05 Å². The number of hydrogen-bond acceptors (Lipinski definition) is 6. The number of unbranched alkanes of at least 4 members (excludes halogenated alkanes) is 10. The van der Waals surface area contributed by atoms with Gasteiger partial charge in [-0.3, -0.25) is 9.36 Å². The normalized spacial score (nSPS) is 15.2. The van der Waals surface area contributed by atoms with Gasteiger partial charge >= 0.3 is 0 Å². The lowest BCUT2D eigenvalue weighted by Gasteiger charge is -2.29. The minimum absolute atomic E-state index is 0.0137. The average Bonchev–Trinajstić information content (AvgIpc) is 3.30. The van der Waals surface area contributed by atoms with Crippen LogP contribution in [0.2, 0.25) is 0 Å². The molecule has 384 valence electrons. The molecule has 0 bridgehead atoms. The minimum Gasteiger partial charge on any atom is -0.756 e. The number of aliphatic hydroxyl groups excluding tert-OH is 1. The number of phosphoric ester groups is 1. The zero-order valence-electron chi connectivity index (χ0n) is 43.5. The van der Waals surface area contributed by atoms with Gasteiger partial charge in [0.15, 0.2) is 0 Å². The lowest BCUT2D eigenvalue weighted by atomic mass is 10.1. The Morgan fingerprint density at radius 1 is 0.529 bits per heavy atom. The number of carbonyl (C=O) groups is 1. The molecule has 0 radical (unpaired) electrons. The Balaban J connectivity index is 4.10. The molecule has 0 aromatic heterocycles. The van der Waals surface area contributed by atoms with Gasteiger partial charge in [0.25, 0.3) is 7.82 Å². The van der Waals surface area contributed by atoms with Crippen LogP contribution in [0.5, 0.6) is 0 Å². The van der Waals surface area contributed by atoms with Gasteiger partial charge in [-0.05, 0) is 103 Å². The molecule has 1 amide bonds. The van der Waals surface area contributed by atoms with Crippen molar-refractivity contribution in [2.75, 3.05) is 40.9 Å². The maximum Gasteiger partial charge on any atom is 0.268 e. The van der Waals surface area contributed by atoms with Crippen molar-refractivity contribution < 1.29 is 32.9 Å². The van der Waals surface area contributed by atoms with E-state index in [1.165, 1.54) is 19.3 Å². The number of quaternary nitrogens is 1. The Morgan fingerprint density at radius 2 is 0.897 bits per heavy atom. The van der Waals surface area contributed by atoms with Crippen LogP contribution in [0.4, 0.5) is 0 Å². The van der Waals surface area contributed by atoms with Crippen molar-refractivity contribution in [1.29, 1.82) is 0 Å². The monoisotopic (exact) mass is 961 g/mol. The molecular weight excluding hydrogens is 864 g/mol. The van der Waals surface area contributed by atoms with Gasteiger partial charge in [-0.2, -0.15) is 0 Å². The van der Waals surface area contributed by atoms with Crippen LogP contribution in [-0.2, 0) is 18.4 Å². The van der Waals surface area contributed by atoms with Crippen molar-refractivity contribution in [2.45, 2.75) is 180 Å². The number of nitrogens with one attached hydrogen (secondary N) is 1. The molecule has 2 N–H and O–H groups in total. The van der Waals surface area contributed by atoms with E-state index < -0.39 is 26.6 Å². The molecule has 68 heavy (non-hydrogen) atoms. The summed E-state index contributed by atoms with van der Waals surface area (Å²) in [5.74, 6) is -0.229. The highest BCUT2D eigenvalue weighted by atomic mass is 31.2. The van der Waals surface area contributed by atoms with E-state index in [1.54, 1.807) is 6.08 Å². The molecule has 0 aliphatic rings. The third-order valence-electron chi connectivity index (χ3n) is 10.6. The van der Waals surface area contributed by atoms with E-state index in [2.05, 4.69) is 153 Å². The maximum atomic E-state index is 12.8. The van der Waals surface area contributed by atoms with E-state index in [0.717, 1.165) is 128 Å². The highest BCUT2D eigenvalue weighted by Crippen LogP contribution is 2.38. The molecule has 0 rings (SSSR count). The van der Waals surface area contributed by atoms with Crippen molar-refractivity contribution >= 4 is 13.7 Å². The van der Waals surface area contributed by atoms with Crippen molar-refractivity contribution in [1.82, 2.24) is 5.32 Å². The van der Waals surface area contributed by atoms with Gasteiger partial charge < -0.3 is 28.8 Å². The van der Waals surface area contributed by atoms with E-state index in [0.29, 0.717) is 17.4 Å². The number of phosphoric acid groups is 1. The first-order chi connectivity index (χ1) is 33.0. The number of carbonyl (C=O) groups excluding carboxylic acids is 1. The Hall–Kier alpha value is -3.62. The third-order valence-corrected chi connectivity index (χ3v) is 11.5. The van der Waals surface area contributed by atoms with Gasteiger partial charge in [-0.1, -0.05) is 205 Å². The minimum atomic E-state index is -4.60. The second-order valence-corrected chi connectivity index (χ2v) is 19.6. The van der Waals surface area contributed by atoms with Gasteiger partial charge in [-0.15, -0.1) is 0 Å². The molecule has 0 aliphatic carbocycles. The Kier molecular flexibility index (Phi) is 45.8. The van der Waals surface area contributed by atoms with Crippen LogP contribution in [-0.4, -0.2) is 68.5 Å². The van der Waals surface area contributed by atoms with Crippen LogP contribution >= 0.6 is 7.82 Å². The van der Waals surface area contributed by atoms with Crippen molar-refractivity contribution in [3.63, 3.8) is 0 Å². The fourth-order valence-corrected chi connectivity index (χ4v) is 7.17. The second kappa shape index (κ2) is 48.4. The predicted molar refractivity (Wildman–Crippen MR) is 292 cm³/mol. The summed E-state index contributed by atoms with van der Waals surface area (Å²) in [4.78, 5) is 25.2. The molecule has 0 saturated heterocycles. The summed E-state index contributed by atoms with van der Waals surface area (Å²) in [7, 11) is 1.22. The Bertz CT molecular complexity index is 1610. The Labute approximate surface area is 417 Å². The molecule has 8 nitrogen and oxygen atoms in total. The molecule has 0 aliphatic heterocycles. The number of allylic oxidation sites excluding steroid dienone is 23.